The molecule has 0 amide bonds. The van der Waals surface area contributed by atoms with Crippen LogP contribution in [0.3, 0.4) is 0 Å². The van der Waals surface area contributed by atoms with E-state index in [0.29, 0.717) is 29.5 Å². The zero-order chi connectivity index (χ0) is 15.6. The van der Waals surface area contributed by atoms with E-state index in [9.17, 15) is 0 Å². The SMILES string of the molecule is Cc1cc(/C(N)=N/O)cc(Cl)c1OC[C@@H]1COC(C)(C)O1. The van der Waals surface area contributed by atoms with Crippen LogP contribution in [0.25, 0.3) is 0 Å². The first-order valence-corrected chi connectivity index (χ1v) is 6.93. The predicted octanol–water partition coefficient (Wildman–Crippen LogP) is 2.27. The van der Waals surface area contributed by atoms with Gasteiger partial charge in [0.2, 0.25) is 0 Å². The first-order valence-electron chi connectivity index (χ1n) is 6.55. The molecule has 1 aromatic rings. The third-order valence-corrected chi connectivity index (χ3v) is 3.39. The maximum Gasteiger partial charge on any atom is 0.170 e. The molecular weight excluding hydrogens is 296 g/mol. The standard InChI is InChI=1S/C14H19ClN2O4/c1-8-4-9(13(16)17-18)5-11(15)12(8)19-6-10-7-20-14(2,3)21-10/h4-5,10,18H,6-7H2,1-3H3,(H2,16,17)/t10-/m1/s1. The summed E-state index contributed by atoms with van der Waals surface area (Å²) in [6, 6.07) is 3.33. The van der Waals surface area contributed by atoms with Crippen LogP contribution in [0.1, 0.15) is 25.0 Å². The van der Waals surface area contributed by atoms with Crippen LogP contribution < -0.4 is 10.5 Å². The fraction of sp³-hybridized carbons (Fsp3) is 0.500. The fourth-order valence-electron chi connectivity index (χ4n) is 2.14. The molecule has 3 N–H and O–H groups in total. The van der Waals surface area contributed by atoms with Gasteiger partial charge in [-0.15, -0.1) is 0 Å². The van der Waals surface area contributed by atoms with E-state index >= 15 is 0 Å². The number of nitrogens with two attached hydrogens (primary N) is 1. The topological polar surface area (TPSA) is 86.3 Å². The van der Waals surface area contributed by atoms with Crippen LogP contribution >= 0.6 is 11.6 Å². The summed E-state index contributed by atoms with van der Waals surface area (Å²) in [5.74, 6) is -0.0248. The monoisotopic (exact) mass is 314 g/mol. The average molecular weight is 315 g/mol. The van der Waals surface area contributed by atoms with Gasteiger partial charge in [0.05, 0.1) is 11.6 Å². The van der Waals surface area contributed by atoms with Gasteiger partial charge in [-0.2, -0.15) is 0 Å². The molecular formula is C14H19ClN2O4. The summed E-state index contributed by atoms with van der Waals surface area (Å²) in [7, 11) is 0. The first kappa shape index (κ1) is 15.9. The number of ether oxygens (including phenoxy) is 3. The lowest BCUT2D eigenvalue weighted by Crippen LogP contribution is -2.25. The molecule has 21 heavy (non-hydrogen) atoms. The number of rotatable bonds is 4. The van der Waals surface area contributed by atoms with Gasteiger partial charge in [-0.3, -0.25) is 0 Å². The van der Waals surface area contributed by atoms with E-state index in [-0.39, 0.29) is 11.9 Å². The Balaban J connectivity index is 2.07. The Morgan fingerprint density at radius 3 is 2.81 bits per heavy atom. The van der Waals surface area contributed by atoms with Crippen molar-refractivity contribution in [2.24, 2.45) is 10.9 Å². The van der Waals surface area contributed by atoms with Gasteiger partial charge in [-0.25, -0.2) is 0 Å². The number of oxime groups is 1. The highest BCUT2D eigenvalue weighted by molar-refractivity contribution is 6.32. The normalized spacial score (nSPS) is 21.5. The lowest BCUT2D eigenvalue weighted by atomic mass is 10.1. The number of halogens is 1. The molecule has 0 radical (unpaired) electrons. The molecule has 116 valence electrons. The van der Waals surface area contributed by atoms with E-state index < -0.39 is 5.79 Å². The van der Waals surface area contributed by atoms with Crippen molar-refractivity contribution in [1.82, 2.24) is 0 Å². The van der Waals surface area contributed by atoms with E-state index in [1.807, 2.05) is 20.8 Å². The van der Waals surface area contributed by atoms with Crippen molar-refractivity contribution in [1.29, 1.82) is 0 Å². The van der Waals surface area contributed by atoms with Crippen molar-refractivity contribution in [3.05, 3.63) is 28.3 Å². The number of aryl methyl sites for hydroxylation is 1. The van der Waals surface area contributed by atoms with Crippen LogP contribution in [0.2, 0.25) is 5.02 Å². The second kappa shape index (κ2) is 6.09. The Labute approximate surface area is 128 Å². The van der Waals surface area contributed by atoms with Crippen LogP contribution in [0.15, 0.2) is 17.3 Å². The van der Waals surface area contributed by atoms with Gasteiger partial charge in [0.15, 0.2) is 11.6 Å². The summed E-state index contributed by atoms with van der Waals surface area (Å²) in [5, 5.41) is 12.0. The molecule has 0 aliphatic carbocycles. The number of nitrogens with zero attached hydrogens (tertiary/aromatic N) is 1. The maximum atomic E-state index is 8.69. The third-order valence-electron chi connectivity index (χ3n) is 3.11. The molecule has 0 aromatic heterocycles. The molecule has 1 aliphatic rings. The highest BCUT2D eigenvalue weighted by Crippen LogP contribution is 2.31. The van der Waals surface area contributed by atoms with Crippen molar-refractivity contribution < 1.29 is 19.4 Å². The highest BCUT2D eigenvalue weighted by atomic mass is 35.5. The Bertz CT molecular complexity index is 537. The molecule has 1 saturated heterocycles. The predicted molar refractivity (Wildman–Crippen MR) is 79.1 cm³/mol. The van der Waals surface area contributed by atoms with Gasteiger partial charge in [-0.05, 0) is 38.5 Å². The first-order chi connectivity index (χ1) is 9.82. The third kappa shape index (κ3) is 3.78. The molecule has 2 rings (SSSR count). The van der Waals surface area contributed by atoms with Gasteiger partial charge < -0.3 is 25.2 Å². The second-order valence-electron chi connectivity index (χ2n) is 5.35. The van der Waals surface area contributed by atoms with Crippen molar-refractivity contribution >= 4 is 17.4 Å². The lowest BCUT2D eigenvalue weighted by Gasteiger charge is -2.18. The molecule has 0 spiro atoms. The summed E-state index contributed by atoms with van der Waals surface area (Å²) in [4.78, 5) is 0. The van der Waals surface area contributed by atoms with E-state index in [4.69, 9.17) is 36.8 Å². The molecule has 1 fully saturated rings. The average Bonchev–Trinajstić information content (AvgIpc) is 2.76. The Kier molecular flexibility index (Phi) is 4.61. The minimum Gasteiger partial charge on any atom is -0.489 e. The summed E-state index contributed by atoms with van der Waals surface area (Å²) in [5.41, 5.74) is 6.88. The van der Waals surface area contributed by atoms with E-state index in [1.54, 1.807) is 12.1 Å². The summed E-state index contributed by atoms with van der Waals surface area (Å²) in [6.45, 7) is 6.37. The fourth-order valence-corrected chi connectivity index (χ4v) is 2.46. The molecule has 1 aromatic carbocycles. The van der Waals surface area contributed by atoms with Crippen molar-refractivity contribution in [2.45, 2.75) is 32.7 Å². The van der Waals surface area contributed by atoms with Gasteiger partial charge in [0, 0.05) is 5.56 Å². The van der Waals surface area contributed by atoms with Crippen LogP contribution in [-0.2, 0) is 9.47 Å². The van der Waals surface area contributed by atoms with E-state index in [0.717, 1.165) is 5.56 Å². The summed E-state index contributed by atoms with van der Waals surface area (Å²) >= 11 is 6.19. The minimum absolute atomic E-state index is 0.000765. The smallest absolute Gasteiger partial charge is 0.170 e. The maximum absolute atomic E-state index is 8.69. The van der Waals surface area contributed by atoms with Crippen molar-refractivity contribution in [3.8, 4) is 5.75 Å². The molecule has 7 heteroatoms. The largest absolute Gasteiger partial charge is 0.489 e. The molecule has 0 bridgehead atoms. The Hall–Kier alpha value is -1.50. The van der Waals surface area contributed by atoms with Gasteiger partial charge in [0.1, 0.15) is 18.5 Å². The molecule has 1 atom stereocenters. The molecule has 1 aliphatic heterocycles. The molecule has 6 nitrogen and oxygen atoms in total. The summed E-state index contributed by atoms with van der Waals surface area (Å²) in [6.07, 6.45) is -0.140. The van der Waals surface area contributed by atoms with Gasteiger partial charge in [0.25, 0.3) is 0 Å². The van der Waals surface area contributed by atoms with E-state index in [2.05, 4.69) is 5.16 Å². The number of hydrogen-bond acceptors (Lipinski definition) is 5. The molecule has 0 unspecified atom stereocenters. The highest BCUT2D eigenvalue weighted by Gasteiger charge is 2.33. The van der Waals surface area contributed by atoms with Crippen molar-refractivity contribution in [3.63, 3.8) is 0 Å². The van der Waals surface area contributed by atoms with Crippen LogP contribution in [0.4, 0.5) is 0 Å². The molecule has 0 saturated carbocycles. The zero-order valence-electron chi connectivity index (χ0n) is 12.2. The number of benzene rings is 1. The van der Waals surface area contributed by atoms with E-state index in [1.165, 1.54) is 0 Å². The number of hydrogen-bond donors (Lipinski definition) is 2. The van der Waals surface area contributed by atoms with Gasteiger partial charge >= 0.3 is 0 Å². The quantitative estimate of drug-likeness (QED) is 0.385. The summed E-state index contributed by atoms with van der Waals surface area (Å²) < 4.78 is 16.9. The number of amidine groups is 1. The van der Waals surface area contributed by atoms with Crippen LogP contribution in [-0.4, -0.2) is 36.1 Å². The second-order valence-corrected chi connectivity index (χ2v) is 5.76. The molecule has 1 heterocycles. The lowest BCUT2D eigenvalue weighted by molar-refractivity contribution is -0.141. The van der Waals surface area contributed by atoms with Crippen molar-refractivity contribution in [2.75, 3.05) is 13.2 Å². The minimum atomic E-state index is -0.581. The Morgan fingerprint density at radius 2 is 2.29 bits per heavy atom. The van der Waals surface area contributed by atoms with Crippen LogP contribution in [0, 0.1) is 6.92 Å². The van der Waals surface area contributed by atoms with Crippen LogP contribution in [0.5, 0.6) is 5.75 Å². The zero-order valence-corrected chi connectivity index (χ0v) is 13.0. The Morgan fingerprint density at radius 1 is 1.57 bits per heavy atom. The van der Waals surface area contributed by atoms with Gasteiger partial charge in [-0.1, -0.05) is 16.8 Å².